The number of nitrogens with zero attached hydrogens (tertiary/aromatic N) is 2. The lowest BCUT2D eigenvalue weighted by molar-refractivity contribution is -0.135. The van der Waals surface area contributed by atoms with Gasteiger partial charge in [-0.05, 0) is 29.1 Å². The molecule has 2 amide bonds. The summed E-state index contributed by atoms with van der Waals surface area (Å²) < 4.78 is 0. The Bertz CT molecular complexity index is 969. The maximum absolute atomic E-state index is 13.4. The molecule has 31 heavy (non-hydrogen) atoms. The van der Waals surface area contributed by atoms with Gasteiger partial charge in [0.05, 0.1) is 0 Å². The van der Waals surface area contributed by atoms with Crippen molar-refractivity contribution in [2.75, 3.05) is 26.2 Å². The van der Waals surface area contributed by atoms with Gasteiger partial charge in [0.2, 0.25) is 5.91 Å². The molecule has 0 bridgehead atoms. The highest BCUT2D eigenvalue weighted by Gasteiger charge is 2.29. The number of piperazine rings is 1. The smallest absolute Gasteiger partial charge is 0.251 e. The van der Waals surface area contributed by atoms with Gasteiger partial charge < -0.3 is 10.2 Å². The van der Waals surface area contributed by atoms with Crippen LogP contribution in [0, 0.1) is 0 Å². The van der Waals surface area contributed by atoms with Crippen molar-refractivity contribution in [1.29, 1.82) is 0 Å². The number of rotatable bonds is 7. The van der Waals surface area contributed by atoms with Gasteiger partial charge in [-0.1, -0.05) is 54.6 Å². The average molecular weight is 434 g/mol. The van der Waals surface area contributed by atoms with Crippen LogP contribution in [0.15, 0.2) is 78.2 Å². The molecular weight excluding hydrogens is 406 g/mol. The summed E-state index contributed by atoms with van der Waals surface area (Å²) in [5.41, 5.74) is 1.60. The molecule has 160 valence electrons. The summed E-state index contributed by atoms with van der Waals surface area (Å²) in [7, 11) is 0. The minimum atomic E-state index is -0.584. The van der Waals surface area contributed by atoms with E-state index < -0.39 is 6.04 Å². The zero-order valence-electron chi connectivity index (χ0n) is 17.4. The largest absolute Gasteiger partial charge is 0.340 e. The Balaban J connectivity index is 1.41. The van der Waals surface area contributed by atoms with E-state index in [1.54, 1.807) is 23.5 Å². The van der Waals surface area contributed by atoms with Gasteiger partial charge in [0.25, 0.3) is 5.91 Å². The Morgan fingerprint density at radius 3 is 2.19 bits per heavy atom. The molecule has 0 radical (unpaired) electrons. The van der Waals surface area contributed by atoms with Crippen molar-refractivity contribution < 1.29 is 9.59 Å². The Kier molecular flexibility index (Phi) is 7.12. The van der Waals surface area contributed by atoms with Crippen molar-refractivity contribution in [3.05, 3.63) is 94.2 Å². The maximum Gasteiger partial charge on any atom is 0.251 e. The normalized spacial score (nSPS) is 15.4. The van der Waals surface area contributed by atoms with E-state index in [4.69, 9.17) is 0 Å². The SMILES string of the molecule is O=C(N[C@H](Cc1ccccc1)C(=O)N1CCN(Cc2cccs2)CC1)c1ccccc1. The van der Waals surface area contributed by atoms with Crippen LogP contribution in [0.5, 0.6) is 0 Å². The third-order valence-electron chi connectivity index (χ3n) is 5.57. The molecule has 3 aromatic rings. The first-order chi connectivity index (χ1) is 15.2. The number of hydrogen-bond acceptors (Lipinski definition) is 4. The van der Waals surface area contributed by atoms with E-state index in [0.29, 0.717) is 25.1 Å². The van der Waals surface area contributed by atoms with Crippen molar-refractivity contribution >= 4 is 23.2 Å². The lowest BCUT2D eigenvalue weighted by Gasteiger charge is -2.36. The molecule has 0 aliphatic carbocycles. The minimum absolute atomic E-state index is 0.0103. The molecule has 1 fully saturated rings. The summed E-state index contributed by atoms with van der Waals surface area (Å²) in [5, 5.41) is 5.08. The second-order valence-electron chi connectivity index (χ2n) is 7.76. The fourth-order valence-electron chi connectivity index (χ4n) is 3.85. The quantitative estimate of drug-likeness (QED) is 0.621. The number of hydrogen-bond donors (Lipinski definition) is 1. The highest BCUT2D eigenvalue weighted by Crippen LogP contribution is 2.15. The molecule has 6 heteroatoms. The first kappa shape index (κ1) is 21.3. The zero-order chi connectivity index (χ0) is 21.5. The lowest BCUT2D eigenvalue weighted by atomic mass is 10.0. The molecule has 2 heterocycles. The van der Waals surface area contributed by atoms with Crippen LogP contribution in [-0.2, 0) is 17.8 Å². The van der Waals surface area contributed by atoms with Crippen molar-refractivity contribution in [3.8, 4) is 0 Å². The fourth-order valence-corrected chi connectivity index (χ4v) is 4.60. The number of carbonyl (C=O) groups is 2. The van der Waals surface area contributed by atoms with Gasteiger partial charge in [-0.25, -0.2) is 0 Å². The highest BCUT2D eigenvalue weighted by atomic mass is 32.1. The van der Waals surface area contributed by atoms with E-state index in [1.807, 2.05) is 53.4 Å². The topological polar surface area (TPSA) is 52.7 Å². The Morgan fingerprint density at radius 1 is 0.871 bits per heavy atom. The van der Waals surface area contributed by atoms with Crippen molar-refractivity contribution in [2.45, 2.75) is 19.0 Å². The number of benzene rings is 2. The molecule has 0 spiro atoms. The Morgan fingerprint density at radius 2 is 1.55 bits per heavy atom. The summed E-state index contributed by atoms with van der Waals surface area (Å²) >= 11 is 1.76. The van der Waals surface area contributed by atoms with Gasteiger partial charge >= 0.3 is 0 Å². The van der Waals surface area contributed by atoms with Gasteiger partial charge in [0.1, 0.15) is 6.04 Å². The van der Waals surface area contributed by atoms with Gasteiger partial charge in [-0.2, -0.15) is 0 Å². The predicted octanol–water partition coefficient (Wildman–Crippen LogP) is 3.43. The van der Waals surface area contributed by atoms with Crippen molar-refractivity contribution in [2.24, 2.45) is 0 Å². The number of nitrogens with one attached hydrogen (secondary N) is 1. The molecule has 0 saturated carbocycles. The summed E-state index contributed by atoms with van der Waals surface area (Å²) in [6.07, 6.45) is 0.480. The summed E-state index contributed by atoms with van der Waals surface area (Å²) in [5.74, 6) is -0.227. The van der Waals surface area contributed by atoms with E-state index >= 15 is 0 Å². The number of thiophene rings is 1. The number of amides is 2. The van der Waals surface area contributed by atoms with Gasteiger partial charge in [-0.15, -0.1) is 11.3 Å². The second kappa shape index (κ2) is 10.4. The van der Waals surface area contributed by atoms with Crippen LogP contribution in [0.2, 0.25) is 0 Å². The van der Waals surface area contributed by atoms with Crippen LogP contribution in [0.1, 0.15) is 20.8 Å². The summed E-state index contributed by atoms with van der Waals surface area (Å²) in [6.45, 7) is 3.97. The first-order valence-electron chi connectivity index (χ1n) is 10.6. The van der Waals surface area contributed by atoms with Crippen LogP contribution in [0.25, 0.3) is 0 Å². The molecule has 5 nitrogen and oxygen atoms in total. The predicted molar refractivity (Wildman–Crippen MR) is 124 cm³/mol. The molecule has 1 N–H and O–H groups in total. The van der Waals surface area contributed by atoms with E-state index in [2.05, 4.69) is 27.7 Å². The lowest BCUT2D eigenvalue weighted by Crippen LogP contribution is -2.55. The van der Waals surface area contributed by atoms with Gasteiger partial charge in [0, 0.05) is 49.6 Å². The van der Waals surface area contributed by atoms with E-state index in [0.717, 1.165) is 25.2 Å². The van der Waals surface area contributed by atoms with Crippen LogP contribution in [0.3, 0.4) is 0 Å². The summed E-state index contributed by atoms with van der Waals surface area (Å²) in [4.78, 5) is 31.8. The van der Waals surface area contributed by atoms with Crippen LogP contribution in [0.4, 0.5) is 0 Å². The third kappa shape index (κ3) is 5.81. The van der Waals surface area contributed by atoms with Crippen LogP contribution >= 0.6 is 11.3 Å². The standard InChI is InChI=1S/C25H27N3O2S/c29-24(21-10-5-2-6-11-21)26-23(18-20-8-3-1-4-9-20)25(30)28-15-13-27(14-16-28)19-22-12-7-17-31-22/h1-12,17,23H,13-16,18-19H2,(H,26,29)/t23-/m1/s1. The average Bonchev–Trinajstić information content (AvgIpc) is 3.33. The molecule has 4 rings (SSSR count). The molecule has 1 aliphatic heterocycles. The molecular formula is C25H27N3O2S. The van der Waals surface area contributed by atoms with E-state index in [-0.39, 0.29) is 11.8 Å². The Labute approximate surface area is 187 Å². The molecule has 1 aliphatic rings. The molecule has 1 aromatic heterocycles. The zero-order valence-corrected chi connectivity index (χ0v) is 18.3. The molecule has 2 aromatic carbocycles. The van der Waals surface area contributed by atoms with Crippen LogP contribution in [-0.4, -0.2) is 53.8 Å². The van der Waals surface area contributed by atoms with E-state index in [1.165, 1.54) is 4.88 Å². The second-order valence-corrected chi connectivity index (χ2v) is 8.79. The first-order valence-corrected chi connectivity index (χ1v) is 11.5. The maximum atomic E-state index is 13.4. The van der Waals surface area contributed by atoms with Gasteiger partial charge in [0.15, 0.2) is 0 Å². The number of carbonyl (C=O) groups excluding carboxylic acids is 2. The van der Waals surface area contributed by atoms with Crippen molar-refractivity contribution in [1.82, 2.24) is 15.1 Å². The highest BCUT2D eigenvalue weighted by molar-refractivity contribution is 7.09. The summed E-state index contributed by atoms with van der Waals surface area (Å²) in [6, 6.07) is 22.6. The van der Waals surface area contributed by atoms with Crippen LogP contribution < -0.4 is 5.32 Å². The third-order valence-corrected chi connectivity index (χ3v) is 6.43. The van der Waals surface area contributed by atoms with Crippen molar-refractivity contribution in [3.63, 3.8) is 0 Å². The van der Waals surface area contributed by atoms with E-state index in [9.17, 15) is 9.59 Å². The molecule has 1 saturated heterocycles. The molecule has 0 unspecified atom stereocenters. The monoisotopic (exact) mass is 433 g/mol. The van der Waals surface area contributed by atoms with Gasteiger partial charge in [-0.3, -0.25) is 14.5 Å². The Hall–Kier alpha value is -2.96. The fraction of sp³-hybridized carbons (Fsp3) is 0.280. The molecule has 1 atom stereocenters. The minimum Gasteiger partial charge on any atom is -0.340 e.